The first kappa shape index (κ1) is 13.3. The van der Waals surface area contributed by atoms with E-state index < -0.39 is 0 Å². The summed E-state index contributed by atoms with van der Waals surface area (Å²) in [7, 11) is 1.92. The summed E-state index contributed by atoms with van der Waals surface area (Å²) < 4.78 is 1.88. The maximum atomic E-state index is 4.21. The molecule has 2 rings (SSSR count). The van der Waals surface area contributed by atoms with Gasteiger partial charge in [-0.05, 0) is 13.3 Å². The SMILES string of the molecule is CCCNc1cc(NC(C)c2nncn2C)ncn1. The van der Waals surface area contributed by atoms with E-state index in [4.69, 9.17) is 0 Å². The normalized spacial score (nSPS) is 12.2. The lowest BCUT2D eigenvalue weighted by Gasteiger charge is -2.14. The number of anilines is 2. The lowest BCUT2D eigenvalue weighted by Crippen LogP contribution is -2.13. The number of rotatable bonds is 6. The Labute approximate surface area is 112 Å². The van der Waals surface area contributed by atoms with Gasteiger partial charge in [0.2, 0.25) is 0 Å². The van der Waals surface area contributed by atoms with Crippen LogP contribution in [0.4, 0.5) is 11.6 Å². The molecule has 0 fully saturated rings. The van der Waals surface area contributed by atoms with E-state index in [-0.39, 0.29) is 6.04 Å². The molecule has 0 saturated heterocycles. The van der Waals surface area contributed by atoms with Gasteiger partial charge < -0.3 is 15.2 Å². The minimum atomic E-state index is 0.0291. The Morgan fingerprint density at radius 1 is 1.32 bits per heavy atom. The fraction of sp³-hybridized carbons (Fsp3) is 0.500. The summed E-state index contributed by atoms with van der Waals surface area (Å²) in [5.74, 6) is 2.45. The summed E-state index contributed by atoms with van der Waals surface area (Å²) >= 11 is 0. The second-order valence-corrected chi connectivity index (χ2v) is 4.38. The van der Waals surface area contributed by atoms with Crippen molar-refractivity contribution in [2.75, 3.05) is 17.2 Å². The zero-order valence-corrected chi connectivity index (χ0v) is 11.5. The zero-order chi connectivity index (χ0) is 13.7. The molecule has 7 nitrogen and oxygen atoms in total. The maximum absolute atomic E-state index is 4.21. The van der Waals surface area contributed by atoms with Gasteiger partial charge in [-0.2, -0.15) is 0 Å². The van der Waals surface area contributed by atoms with Crippen LogP contribution in [0.15, 0.2) is 18.7 Å². The molecule has 0 saturated carbocycles. The molecule has 1 atom stereocenters. The number of hydrogen-bond acceptors (Lipinski definition) is 6. The van der Waals surface area contributed by atoms with Crippen molar-refractivity contribution >= 4 is 11.6 Å². The van der Waals surface area contributed by atoms with Crippen molar-refractivity contribution < 1.29 is 0 Å². The molecular formula is C12H19N7. The summed E-state index contributed by atoms with van der Waals surface area (Å²) in [4.78, 5) is 8.38. The highest BCUT2D eigenvalue weighted by Crippen LogP contribution is 2.16. The number of nitrogens with zero attached hydrogens (tertiary/aromatic N) is 5. The van der Waals surface area contributed by atoms with Crippen molar-refractivity contribution in [1.29, 1.82) is 0 Å². The van der Waals surface area contributed by atoms with Crippen molar-refractivity contribution in [3.63, 3.8) is 0 Å². The predicted octanol–water partition coefficient (Wildman–Crippen LogP) is 1.60. The van der Waals surface area contributed by atoms with E-state index in [9.17, 15) is 0 Å². The van der Waals surface area contributed by atoms with E-state index >= 15 is 0 Å². The Hall–Kier alpha value is -2.18. The fourth-order valence-corrected chi connectivity index (χ4v) is 1.76. The molecule has 0 bridgehead atoms. The van der Waals surface area contributed by atoms with Gasteiger partial charge in [-0.3, -0.25) is 0 Å². The molecule has 0 aromatic carbocycles. The van der Waals surface area contributed by atoms with Crippen molar-refractivity contribution in [2.45, 2.75) is 26.3 Å². The van der Waals surface area contributed by atoms with Crippen LogP contribution >= 0.6 is 0 Å². The second kappa shape index (κ2) is 6.12. The molecule has 0 aliphatic heterocycles. The quantitative estimate of drug-likeness (QED) is 0.822. The van der Waals surface area contributed by atoms with Crippen molar-refractivity contribution in [3.05, 3.63) is 24.5 Å². The highest BCUT2D eigenvalue weighted by atomic mass is 15.3. The summed E-state index contributed by atoms with van der Waals surface area (Å²) in [6, 6.07) is 1.92. The molecular weight excluding hydrogens is 242 g/mol. The standard InChI is InChI=1S/C12H19N7/c1-4-5-13-10-6-11(15-7-14-10)17-9(2)12-18-16-8-19(12)3/h6-9H,4-5H2,1-3H3,(H2,13,14,15,17). The van der Waals surface area contributed by atoms with E-state index in [2.05, 4.69) is 37.7 Å². The van der Waals surface area contributed by atoms with E-state index in [1.54, 1.807) is 12.7 Å². The average molecular weight is 261 g/mol. The molecule has 102 valence electrons. The molecule has 0 aliphatic carbocycles. The Balaban J connectivity index is 2.04. The number of nitrogens with one attached hydrogen (secondary N) is 2. The lowest BCUT2D eigenvalue weighted by molar-refractivity contribution is 0.716. The van der Waals surface area contributed by atoms with Crippen LogP contribution in [0.1, 0.15) is 32.1 Å². The third kappa shape index (κ3) is 3.40. The van der Waals surface area contributed by atoms with Crippen LogP contribution in [0.2, 0.25) is 0 Å². The molecule has 19 heavy (non-hydrogen) atoms. The number of aryl methyl sites for hydroxylation is 1. The third-order valence-electron chi connectivity index (χ3n) is 2.72. The van der Waals surface area contributed by atoms with Crippen LogP contribution in [0.5, 0.6) is 0 Å². The maximum Gasteiger partial charge on any atom is 0.154 e. The van der Waals surface area contributed by atoms with Gasteiger partial charge >= 0.3 is 0 Å². The van der Waals surface area contributed by atoms with E-state index in [0.29, 0.717) is 0 Å². The molecule has 2 heterocycles. The summed E-state index contributed by atoms with van der Waals surface area (Å²) in [5, 5.41) is 14.5. The predicted molar refractivity (Wildman–Crippen MR) is 73.9 cm³/mol. The minimum Gasteiger partial charge on any atom is -0.370 e. The van der Waals surface area contributed by atoms with Gasteiger partial charge in [0.25, 0.3) is 0 Å². The molecule has 2 aromatic rings. The first-order valence-electron chi connectivity index (χ1n) is 6.37. The Kier molecular flexibility index (Phi) is 4.27. The molecule has 0 radical (unpaired) electrons. The summed E-state index contributed by atoms with van der Waals surface area (Å²) in [6.07, 6.45) is 4.29. The average Bonchev–Trinajstić information content (AvgIpc) is 2.83. The highest BCUT2D eigenvalue weighted by molar-refractivity contribution is 5.47. The van der Waals surface area contributed by atoms with Crippen LogP contribution in [0, 0.1) is 0 Å². The van der Waals surface area contributed by atoms with Gasteiger partial charge in [0.15, 0.2) is 5.82 Å². The molecule has 1 unspecified atom stereocenters. The summed E-state index contributed by atoms with van der Waals surface area (Å²) in [6.45, 7) is 5.03. The fourth-order valence-electron chi connectivity index (χ4n) is 1.76. The van der Waals surface area contributed by atoms with Gasteiger partial charge in [-0.25, -0.2) is 9.97 Å². The Morgan fingerprint density at radius 2 is 2.11 bits per heavy atom. The van der Waals surface area contributed by atoms with Crippen LogP contribution in [-0.2, 0) is 7.05 Å². The lowest BCUT2D eigenvalue weighted by atomic mass is 10.3. The van der Waals surface area contributed by atoms with E-state index in [1.165, 1.54) is 0 Å². The van der Waals surface area contributed by atoms with Gasteiger partial charge in [-0.1, -0.05) is 6.92 Å². The van der Waals surface area contributed by atoms with Gasteiger partial charge in [0.1, 0.15) is 24.3 Å². The number of hydrogen-bond donors (Lipinski definition) is 2. The van der Waals surface area contributed by atoms with Crippen molar-refractivity contribution in [2.24, 2.45) is 7.05 Å². The van der Waals surface area contributed by atoms with Gasteiger partial charge in [0, 0.05) is 19.7 Å². The van der Waals surface area contributed by atoms with Crippen LogP contribution < -0.4 is 10.6 Å². The molecule has 0 aliphatic rings. The zero-order valence-electron chi connectivity index (χ0n) is 11.5. The minimum absolute atomic E-state index is 0.0291. The van der Waals surface area contributed by atoms with Crippen LogP contribution in [-0.4, -0.2) is 31.3 Å². The molecule has 0 amide bonds. The smallest absolute Gasteiger partial charge is 0.154 e. The molecule has 0 spiro atoms. The molecule has 2 aromatic heterocycles. The summed E-state index contributed by atoms with van der Waals surface area (Å²) in [5.41, 5.74) is 0. The molecule has 7 heteroatoms. The Morgan fingerprint density at radius 3 is 2.79 bits per heavy atom. The van der Waals surface area contributed by atoms with Gasteiger partial charge in [-0.15, -0.1) is 10.2 Å². The first-order valence-corrected chi connectivity index (χ1v) is 6.37. The topological polar surface area (TPSA) is 80.5 Å². The highest BCUT2D eigenvalue weighted by Gasteiger charge is 2.11. The second-order valence-electron chi connectivity index (χ2n) is 4.38. The Bertz CT molecular complexity index is 522. The first-order chi connectivity index (χ1) is 9.20. The molecule has 2 N–H and O–H groups in total. The number of aromatic nitrogens is 5. The van der Waals surface area contributed by atoms with E-state index in [1.807, 2.05) is 24.6 Å². The van der Waals surface area contributed by atoms with Crippen molar-refractivity contribution in [1.82, 2.24) is 24.7 Å². The van der Waals surface area contributed by atoms with Crippen LogP contribution in [0.25, 0.3) is 0 Å². The van der Waals surface area contributed by atoms with E-state index in [0.717, 1.165) is 30.4 Å². The van der Waals surface area contributed by atoms with Crippen molar-refractivity contribution in [3.8, 4) is 0 Å². The van der Waals surface area contributed by atoms with Crippen LogP contribution in [0.3, 0.4) is 0 Å². The van der Waals surface area contributed by atoms with Gasteiger partial charge in [0.05, 0.1) is 6.04 Å². The monoisotopic (exact) mass is 261 g/mol. The largest absolute Gasteiger partial charge is 0.370 e. The third-order valence-corrected chi connectivity index (χ3v) is 2.72.